The topological polar surface area (TPSA) is 18.5 Å². The highest BCUT2D eigenvalue weighted by Gasteiger charge is 2.18. The van der Waals surface area contributed by atoms with E-state index in [-0.39, 0.29) is 6.10 Å². The van der Waals surface area contributed by atoms with Gasteiger partial charge in [0, 0.05) is 17.9 Å². The van der Waals surface area contributed by atoms with Gasteiger partial charge in [0.2, 0.25) is 0 Å². The first-order chi connectivity index (χ1) is 7.90. The molecule has 0 bridgehead atoms. The summed E-state index contributed by atoms with van der Waals surface area (Å²) in [7, 11) is 0. The molecule has 2 rings (SSSR count). The van der Waals surface area contributed by atoms with Crippen molar-refractivity contribution in [1.29, 1.82) is 0 Å². The van der Waals surface area contributed by atoms with Crippen LogP contribution in [0, 0.1) is 5.92 Å². The van der Waals surface area contributed by atoms with Gasteiger partial charge in [0.15, 0.2) is 0 Å². The van der Waals surface area contributed by atoms with Crippen molar-refractivity contribution in [1.82, 2.24) is 0 Å². The average Bonchev–Trinajstić information content (AvgIpc) is 2.84. The van der Waals surface area contributed by atoms with Crippen LogP contribution in [0.2, 0.25) is 0 Å². The Kier molecular flexibility index (Phi) is 4.82. The molecule has 1 aromatic rings. The highest BCUT2D eigenvalue weighted by atomic mass is 79.9. The summed E-state index contributed by atoms with van der Waals surface area (Å²) in [5.74, 6) is 0.574. The van der Waals surface area contributed by atoms with Crippen LogP contribution in [-0.4, -0.2) is 25.2 Å². The Balaban J connectivity index is 1.85. The van der Waals surface area contributed by atoms with Crippen LogP contribution in [0.15, 0.2) is 30.3 Å². The van der Waals surface area contributed by atoms with E-state index >= 15 is 0 Å². The van der Waals surface area contributed by atoms with E-state index in [0.29, 0.717) is 5.92 Å². The summed E-state index contributed by atoms with van der Waals surface area (Å²) < 4.78 is 11.3. The van der Waals surface area contributed by atoms with Crippen LogP contribution in [-0.2, 0) is 9.47 Å². The number of ether oxygens (including phenoxy) is 2. The predicted octanol–water partition coefficient (Wildman–Crippen LogP) is 3.18. The fraction of sp³-hybridized carbons (Fsp3) is 0.538. The van der Waals surface area contributed by atoms with E-state index in [9.17, 15) is 0 Å². The molecule has 88 valence electrons. The molecule has 0 amide bonds. The molecular formula is C13H17BrO2. The molecule has 1 heterocycles. The Labute approximate surface area is 105 Å². The van der Waals surface area contributed by atoms with Crippen molar-refractivity contribution in [3.63, 3.8) is 0 Å². The van der Waals surface area contributed by atoms with Gasteiger partial charge in [-0.1, -0.05) is 46.3 Å². The molecule has 0 saturated carbocycles. The van der Waals surface area contributed by atoms with Gasteiger partial charge < -0.3 is 9.47 Å². The molecule has 1 fully saturated rings. The van der Waals surface area contributed by atoms with Crippen molar-refractivity contribution >= 4 is 15.9 Å². The maximum atomic E-state index is 5.93. The Hall–Kier alpha value is -0.380. The maximum Gasteiger partial charge on any atom is 0.0921 e. The molecule has 0 aliphatic carbocycles. The first kappa shape index (κ1) is 12.1. The molecule has 3 heteroatoms. The van der Waals surface area contributed by atoms with Gasteiger partial charge in [-0.15, -0.1) is 0 Å². The van der Waals surface area contributed by atoms with Crippen LogP contribution in [0.25, 0.3) is 0 Å². The van der Waals surface area contributed by atoms with Crippen molar-refractivity contribution in [2.24, 2.45) is 5.92 Å². The highest BCUT2D eigenvalue weighted by molar-refractivity contribution is 9.09. The Morgan fingerprint density at radius 2 is 2.19 bits per heavy atom. The third-order valence-corrected chi connectivity index (χ3v) is 3.46. The molecular weight excluding hydrogens is 268 g/mol. The number of halogens is 1. The van der Waals surface area contributed by atoms with Gasteiger partial charge in [0.05, 0.1) is 19.3 Å². The van der Waals surface area contributed by atoms with E-state index in [1.54, 1.807) is 0 Å². The van der Waals surface area contributed by atoms with Crippen LogP contribution in [0.1, 0.15) is 18.1 Å². The van der Waals surface area contributed by atoms with E-state index < -0.39 is 0 Å². The summed E-state index contributed by atoms with van der Waals surface area (Å²) in [6.07, 6.45) is 1.28. The minimum absolute atomic E-state index is 0.154. The number of hydrogen-bond acceptors (Lipinski definition) is 2. The fourth-order valence-electron chi connectivity index (χ4n) is 1.86. The second kappa shape index (κ2) is 6.38. The Morgan fingerprint density at radius 3 is 2.81 bits per heavy atom. The van der Waals surface area contributed by atoms with Crippen LogP contribution in [0.3, 0.4) is 0 Å². The second-order valence-electron chi connectivity index (χ2n) is 4.12. The molecule has 1 aliphatic rings. The quantitative estimate of drug-likeness (QED) is 0.774. The third-order valence-electron chi connectivity index (χ3n) is 2.87. The molecule has 0 radical (unpaired) electrons. The van der Waals surface area contributed by atoms with E-state index in [2.05, 4.69) is 28.1 Å². The maximum absolute atomic E-state index is 5.93. The summed E-state index contributed by atoms with van der Waals surface area (Å²) in [6, 6.07) is 10.3. The Bertz CT molecular complexity index is 296. The van der Waals surface area contributed by atoms with Gasteiger partial charge >= 0.3 is 0 Å². The molecule has 16 heavy (non-hydrogen) atoms. The number of alkyl halides is 1. The fourth-order valence-corrected chi connectivity index (χ4v) is 2.43. The minimum atomic E-state index is 0.154. The van der Waals surface area contributed by atoms with Gasteiger partial charge in [-0.2, -0.15) is 0 Å². The zero-order chi connectivity index (χ0) is 11.2. The SMILES string of the molecule is BrCC(OCC1CCOC1)c1ccccc1. The molecule has 1 aromatic carbocycles. The molecule has 0 aromatic heterocycles. The Morgan fingerprint density at radius 1 is 1.38 bits per heavy atom. The lowest BCUT2D eigenvalue weighted by Gasteiger charge is -2.17. The molecule has 0 spiro atoms. The normalized spacial score (nSPS) is 22.2. The van der Waals surface area contributed by atoms with Crippen LogP contribution in [0.5, 0.6) is 0 Å². The van der Waals surface area contributed by atoms with Gasteiger partial charge in [-0.05, 0) is 12.0 Å². The average molecular weight is 285 g/mol. The van der Waals surface area contributed by atoms with Gasteiger partial charge in [-0.25, -0.2) is 0 Å². The third kappa shape index (κ3) is 3.30. The summed E-state index contributed by atoms with van der Waals surface area (Å²) in [5, 5.41) is 0.838. The predicted molar refractivity (Wildman–Crippen MR) is 67.9 cm³/mol. The minimum Gasteiger partial charge on any atom is -0.381 e. The van der Waals surface area contributed by atoms with Crippen LogP contribution >= 0.6 is 15.9 Å². The van der Waals surface area contributed by atoms with Gasteiger partial charge in [0.1, 0.15) is 0 Å². The monoisotopic (exact) mass is 284 g/mol. The first-order valence-corrected chi connectivity index (χ1v) is 6.82. The summed E-state index contributed by atoms with van der Waals surface area (Å²) >= 11 is 3.51. The van der Waals surface area contributed by atoms with Crippen molar-refractivity contribution in [3.8, 4) is 0 Å². The van der Waals surface area contributed by atoms with E-state index in [4.69, 9.17) is 9.47 Å². The van der Waals surface area contributed by atoms with Crippen molar-refractivity contribution in [3.05, 3.63) is 35.9 Å². The van der Waals surface area contributed by atoms with E-state index in [1.165, 1.54) is 5.56 Å². The number of benzene rings is 1. The van der Waals surface area contributed by atoms with Crippen LogP contribution in [0.4, 0.5) is 0 Å². The second-order valence-corrected chi connectivity index (χ2v) is 4.76. The van der Waals surface area contributed by atoms with E-state index in [0.717, 1.165) is 31.6 Å². The molecule has 1 aliphatic heterocycles. The summed E-state index contributed by atoms with van der Waals surface area (Å²) in [4.78, 5) is 0. The molecule has 1 saturated heterocycles. The van der Waals surface area contributed by atoms with Crippen molar-refractivity contribution < 1.29 is 9.47 Å². The largest absolute Gasteiger partial charge is 0.381 e. The first-order valence-electron chi connectivity index (χ1n) is 5.70. The van der Waals surface area contributed by atoms with Gasteiger partial charge in [0.25, 0.3) is 0 Å². The van der Waals surface area contributed by atoms with Crippen LogP contribution < -0.4 is 0 Å². The summed E-state index contributed by atoms with van der Waals surface area (Å²) in [6.45, 7) is 2.54. The highest BCUT2D eigenvalue weighted by Crippen LogP contribution is 2.22. The van der Waals surface area contributed by atoms with E-state index in [1.807, 2.05) is 18.2 Å². The number of rotatable bonds is 5. The smallest absolute Gasteiger partial charge is 0.0921 e. The summed E-state index contributed by atoms with van der Waals surface area (Å²) in [5.41, 5.74) is 1.23. The lowest BCUT2D eigenvalue weighted by atomic mass is 10.1. The molecule has 2 atom stereocenters. The van der Waals surface area contributed by atoms with Gasteiger partial charge in [-0.3, -0.25) is 0 Å². The zero-order valence-electron chi connectivity index (χ0n) is 9.27. The lowest BCUT2D eigenvalue weighted by molar-refractivity contribution is 0.0392. The molecule has 2 unspecified atom stereocenters. The molecule has 0 N–H and O–H groups in total. The van der Waals surface area contributed by atoms with Crippen molar-refractivity contribution in [2.45, 2.75) is 12.5 Å². The zero-order valence-corrected chi connectivity index (χ0v) is 10.9. The molecule has 2 nitrogen and oxygen atoms in total. The number of hydrogen-bond donors (Lipinski definition) is 0. The lowest BCUT2D eigenvalue weighted by Crippen LogP contribution is -2.14. The van der Waals surface area contributed by atoms with Crippen molar-refractivity contribution in [2.75, 3.05) is 25.2 Å². The standard InChI is InChI=1S/C13H17BrO2/c14-8-13(12-4-2-1-3-5-12)16-10-11-6-7-15-9-11/h1-5,11,13H,6-10H2.